The molecule has 11 heteroatoms. The van der Waals surface area contributed by atoms with E-state index in [0.717, 1.165) is 62.9 Å². The highest BCUT2D eigenvalue weighted by Gasteiger charge is 2.22. The van der Waals surface area contributed by atoms with E-state index in [9.17, 15) is 13.6 Å². The molecule has 198 valence electrons. The van der Waals surface area contributed by atoms with Crippen molar-refractivity contribution in [2.45, 2.75) is 46.0 Å². The van der Waals surface area contributed by atoms with Gasteiger partial charge in [-0.3, -0.25) is 4.79 Å². The fourth-order valence-electron chi connectivity index (χ4n) is 4.39. The number of nitrogens with two attached hydrogens (primary N) is 1. The topological polar surface area (TPSA) is 120 Å². The molecule has 0 spiro atoms. The van der Waals surface area contributed by atoms with Crippen molar-refractivity contribution < 1.29 is 22.8 Å². The second-order valence-electron chi connectivity index (χ2n) is 9.69. The molecule has 2 N–H and O–H groups in total. The molecule has 9 nitrogen and oxygen atoms in total. The van der Waals surface area contributed by atoms with Crippen molar-refractivity contribution in [1.82, 2.24) is 20.1 Å². The molecule has 3 heterocycles. The summed E-state index contributed by atoms with van der Waals surface area (Å²) in [6.07, 6.45) is 7.86. The first-order chi connectivity index (χ1) is 17.8. The normalized spacial score (nSPS) is 14.4. The van der Waals surface area contributed by atoms with E-state index in [1.165, 1.54) is 0 Å². The van der Waals surface area contributed by atoms with Crippen LogP contribution < -0.4 is 15.4 Å². The predicted octanol–water partition coefficient (Wildman–Crippen LogP) is 4.22. The fourth-order valence-corrected chi connectivity index (χ4v) is 4.39. The molecule has 1 aromatic carbocycles. The average Bonchev–Trinajstić information content (AvgIpc) is 3.34. The highest BCUT2D eigenvalue weighted by Crippen LogP contribution is 2.26. The molecule has 3 aromatic rings. The van der Waals surface area contributed by atoms with Gasteiger partial charge in [0.05, 0.1) is 24.3 Å². The first-order valence-electron chi connectivity index (χ1n) is 12.6. The maximum atomic E-state index is 14.1. The Labute approximate surface area is 214 Å². The Morgan fingerprint density at radius 3 is 2.49 bits per heavy atom. The van der Waals surface area contributed by atoms with E-state index in [0.29, 0.717) is 36.1 Å². The molecule has 1 saturated heterocycles. The van der Waals surface area contributed by atoms with Crippen molar-refractivity contribution in [3.63, 3.8) is 0 Å². The van der Waals surface area contributed by atoms with Gasteiger partial charge < -0.3 is 19.9 Å². The molecule has 0 unspecified atom stereocenters. The molecule has 0 bridgehead atoms. The van der Waals surface area contributed by atoms with Crippen LogP contribution in [0.4, 0.5) is 14.7 Å². The summed E-state index contributed by atoms with van der Waals surface area (Å²) in [4.78, 5) is 27.1. The largest absolute Gasteiger partial charge is 0.493 e. The number of Topliss-reactive ketones (excluding diaryl/α,β-unsaturated/α-hetero) is 1. The summed E-state index contributed by atoms with van der Waals surface area (Å²) in [7, 11) is 0. The zero-order chi connectivity index (χ0) is 26.4. The van der Waals surface area contributed by atoms with Gasteiger partial charge in [0.2, 0.25) is 17.7 Å². The molecule has 0 amide bonds. The fraction of sp³-hybridized carbons (Fsp3) is 0.500. The minimum atomic E-state index is -0.957. The average molecular weight is 515 g/mol. The Morgan fingerprint density at radius 1 is 1.19 bits per heavy atom. The monoisotopic (exact) mass is 514 g/mol. The zero-order valence-corrected chi connectivity index (χ0v) is 21.1. The third-order valence-electron chi connectivity index (χ3n) is 6.35. The number of halogens is 2. The summed E-state index contributed by atoms with van der Waals surface area (Å²) in [5.74, 6) is 0.109. The lowest BCUT2D eigenvalue weighted by Gasteiger charge is -2.32. The van der Waals surface area contributed by atoms with Crippen LogP contribution >= 0.6 is 0 Å². The summed E-state index contributed by atoms with van der Waals surface area (Å²) in [6, 6.07) is 2.05. The summed E-state index contributed by atoms with van der Waals surface area (Å²) in [5, 5.41) is 4.02. The first kappa shape index (κ1) is 26.6. The minimum Gasteiger partial charge on any atom is -0.493 e. The van der Waals surface area contributed by atoms with Crippen LogP contribution in [0.1, 0.15) is 55.8 Å². The van der Waals surface area contributed by atoms with E-state index >= 15 is 0 Å². The van der Waals surface area contributed by atoms with Gasteiger partial charge in [-0.1, -0.05) is 19.0 Å². The highest BCUT2D eigenvalue weighted by atomic mass is 19.1. The van der Waals surface area contributed by atoms with E-state index in [-0.39, 0.29) is 5.75 Å². The zero-order valence-electron chi connectivity index (χ0n) is 21.1. The molecular weight excluding hydrogens is 482 g/mol. The van der Waals surface area contributed by atoms with Crippen LogP contribution in [0, 0.1) is 23.5 Å². The van der Waals surface area contributed by atoms with Crippen LogP contribution in [0.25, 0.3) is 11.4 Å². The quantitative estimate of drug-likeness (QED) is 0.296. The number of benzene rings is 1. The van der Waals surface area contributed by atoms with Gasteiger partial charge in [0.15, 0.2) is 5.78 Å². The minimum absolute atomic E-state index is 0.0657. The van der Waals surface area contributed by atoms with E-state index in [2.05, 4.69) is 38.9 Å². The predicted molar refractivity (Wildman–Crippen MR) is 133 cm³/mol. The molecule has 37 heavy (non-hydrogen) atoms. The number of hydrogen-bond donors (Lipinski definition) is 1. The van der Waals surface area contributed by atoms with Crippen molar-refractivity contribution in [2.75, 3.05) is 31.1 Å². The molecule has 1 fully saturated rings. The molecule has 1 aliphatic heterocycles. The van der Waals surface area contributed by atoms with Gasteiger partial charge >= 0.3 is 0 Å². The van der Waals surface area contributed by atoms with Crippen molar-refractivity contribution in [1.29, 1.82) is 0 Å². The van der Waals surface area contributed by atoms with Gasteiger partial charge in [-0.25, -0.2) is 18.7 Å². The lowest BCUT2D eigenvalue weighted by molar-refractivity contribution is 0.0993. The van der Waals surface area contributed by atoms with Gasteiger partial charge in [-0.05, 0) is 37.5 Å². The third kappa shape index (κ3) is 6.85. The summed E-state index contributed by atoms with van der Waals surface area (Å²) in [5.41, 5.74) is 5.30. The Balaban J connectivity index is 1.20. The van der Waals surface area contributed by atoms with Crippen LogP contribution in [0.15, 0.2) is 29.0 Å². The maximum absolute atomic E-state index is 14.1. The number of hydrogen-bond acceptors (Lipinski definition) is 9. The number of rotatable bonds is 11. The molecule has 0 saturated carbocycles. The second kappa shape index (κ2) is 12.2. The second-order valence-corrected chi connectivity index (χ2v) is 9.69. The van der Waals surface area contributed by atoms with Crippen LogP contribution in [0.3, 0.4) is 0 Å². The molecule has 2 aromatic heterocycles. The Kier molecular flexibility index (Phi) is 8.75. The van der Waals surface area contributed by atoms with Gasteiger partial charge in [-0.2, -0.15) is 4.98 Å². The van der Waals surface area contributed by atoms with Crippen molar-refractivity contribution in [3.05, 3.63) is 47.6 Å². The van der Waals surface area contributed by atoms with Crippen LogP contribution in [-0.4, -0.2) is 52.1 Å². The van der Waals surface area contributed by atoms with E-state index in [4.69, 9.17) is 15.0 Å². The number of anilines is 1. The van der Waals surface area contributed by atoms with Crippen LogP contribution in [0.5, 0.6) is 5.75 Å². The SMILES string of the molecule is CC(C)Cc1nc(-c2cnc(N3CCC(CCCOc4cc(F)c(C(=O)CN)c(F)c4)CC3)nc2)no1. The summed E-state index contributed by atoms with van der Waals surface area (Å²) >= 11 is 0. The van der Waals surface area contributed by atoms with Gasteiger partial charge in [0, 0.05) is 44.0 Å². The number of piperidine rings is 1. The molecule has 0 radical (unpaired) electrons. The van der Waals surface area contributed by atoms with Gasteiger partial charge in [0.1, 0.15) is 17.4 Å². The number of carbonyl (C=O) groups is 1. The van der Waals surface area contributed by atoms with Crippen LogP contribution in [0.2, 0.25) is 0 Å². The maximum Gasteiger partial charge on any atom is 0.227 e. The molecule has 1 aliphatic rings. The Bertz CT molecular complexity index is 1170. The number of carbonyl (C=O) groups excluding carboxylic acids is 1. The molecule has 4 rings (SSSR count). The number of ether oxygens (including phenoxy) is 1. The van der Waals surface area contributed by atoms with Crippen molar-refractivity contribution in [3.8, 4) is 17.1 Å². The summed E-state index contributed by atoms with van der Waals surface area (Å²) < 4.78 is 38.9. The van der Waals surface area contributed by atoms with Crippen molar-refractivity contribution in [2.24, 2.45) is 17.6 Å². The summed E-state index contributed by atoms with van der Waals surface area (Å²) in [6.45, 7) is 5.76. The Morgan fingerprint density at radius 2 is 1.86 bits per heavy atom. The van der Waals surface area contributed by atoms with Gasteiger partial charge in [-0.15, -0.1) is 0 Å². The molecule has 0 atom stereocenters. The number of ketones is 1. The van der Waals surface area contributed by atoms with E-state index in [1.807, 2.05) is 0 Å². The lowest BCUT2D eigenvalue weighted by Crippen LogP contribution is -2.34. The third-order valence-corrected chi connectivity index (χ3v) is 6.35. The molecular formula is C26H32F2N6O3. The number of aromatic nitrogens is 4. The standard InChI is InChI=1S/C26H32F2N6O3/c1-16(2)10-23-32-25(33-37-23)18-14-30-26(31-15-18)34-7-5-17(6-8-34)4-3-9-36-19-11-20(27)24(21(28)12-19)22(35)13-29/h11-12,14-17H,3-10,13,29H2,1-2H3. The number of nitrogens with zero attached hydrogens (tertiary/aromatic N) is 5. The van der Waals surface area contributed by atoms with Crippen LogP contribution in [-0.2, 0) is 6.42 Å². The van der Waals surface area contributed by atoms with Gasteiger partial charge in [0.25, 0.3) is 0 Å². The van der Waals surface area contributed by atoms with Crippen molar-refractivity contribution >= 4 is 11.7 Å². The smallest absolute Gasteiger partial charge is 0.227 e. The van der Waals surface area contributed by atoms with E-state index in [1.54, 1.807) is 12.4 Å². The first-order valence-corrected chi connectivity index (χ1v) is 12.6. The highest BCUT2D eigenvalue weighted by molar-refractivity contribution is 5.98. The molecule has 0 aliphatic carbocycles. The Hall–Kier alpha value is -3.47. The van der Waals surface area contributed by atoms with E-state index < -0.39 is 29.5 Å². The lowest BCUT2D eigenvalue weighted by atomic mass is 9.92.